The molecule has 0 bridgehead atoms. The van der Waals surface area contributed by atoms with E-state index in [4.69, 9.17) is 9.15 Å². The van der Waals surface area contributed by atoms with Gasteiger partial charge in [-0.1, -0.05) is 68.4 Å². The van der Waals surface area contributed by atoms with E-state index in [2.05, 4.69) is 60.7 Å². The van der Waals surface area contributed by atoms with Gasteiger partial charge in [-0.25, -0.2) is 4.39 Å². The molecule has 0 saturated heterocycles. The molecule has 0 atom stereocenters. The number of halogens is 1. The third-order valence-corrected chi connectivity index (χ3v) is 7.20. The molecular weight excluding hydrogens is 505 g/mol. The molecular formula is C33H32FN3O3. The molecule has 0 aliphatic carbocycles. The summed E-state index contributed by atoms with van der Waals surface area (Å²) in [7, 11) is 0. The molecule has 1 amide bonds. The summed E-state index contributed by atoms with van der Waals surface area (Å²) in [6, 6.07) is 28.1. The number of carbonyl (C=O) groups is 1. The number of furan rings is 1. The van der Waals surface area contributed by atoms with Crippen molar-refractivity contribution in [3.05, 3.63) is 136 Å². The van der Waals surface area contributed by atoms with E-state index in [0.29, 0.717) is 23.7 Å². The van der Waals surface area contributed by atoms with E-state index < -0.39 is 0 Å². The van der Waals surface area contributed by atoms with Crippen molar-refractivity contribution >= 4 is 11.6 Å². The average Bonchev–Trinajstić information content (AvgIpc) is 3.54. The zero-order valence-electron chi connectivity index (χ0n) is 23.1. The van der Waals surface area contributed by atoms with Crippen LogP contribution in [0, 0.1) is 19.7 Å². The molecule has 5 rings (SSSR count). The van der Waals surface area contributed by atoms with Crippen LogP contribution in [0.4, 0.5) is 10.1 Å². The fraction of sp³-hybridized carbons (Fsp3) is 0.212. The minimum Gasteiger partial charge on any atom is -0.486 e. The van der Waals surface area contributed by atoms with E-state index in [1.807, 2.05) is 32.0 Å². The summed E-state index contributed by atoms with van der Waals surface area (Å²) < 4.78 is 26.7. The molecule has 0 aliphatic heterocycles. The van der Waals surface area contributed by atoms with Crippen molar-refractivity contribution in [2.75, 3.05) is 5.32 Å². The van der Waals surface area contributed by atoms with Crippen molar-refractivity contribution < 1.29 is 18.3 Å². The number of hydrogen-bond acceptors (Lipinski definition) is 4. The topological polar surface area (TPSA) is 69.3 Å². The summed E-state index contributed by atoms with van der Waals surface area (Å²) in [5.74, 6) is 0.790. The number of aromatic nitrogens is 2. The molecule has 204 valence electrons. The van der Waals surface area contributed by atoms with Gasteiger partial charge in [0.1, 0.15) is 23.9 Å². The lowest BCUT2D eigenvalue weighted by atomic mass is 9.78. The van der Waals surface area contributed by atoms with Gasteiger partial charge in [-0.3, -0.25) is 9.48 Å². The van der Waals surface area contributed by atoms with Crippen LogP contribution in [0.2, 0.25) is 0 Å². The molecule has 7 heteroatoms. The predicted molar refractivity (Wildman–Crippen MR) is 153 cm³/mol. The molecule has 3 aromatic carbocycles. The Hall–Kier alpha value is -4.65. The van der Waals surface area contributed by atoms with E-state index in [1.165, 1.54) is 23.3 Å². The molecule has 0 fully saturated rings. The summed E-state index contributed by atoms with van der Waals surface area (Å²) in [5, 5.41) is 7.45. The van der Waals surface area contributed by atoms with Gasteiger partial charge >= 0.3 is 0 Å². The Labute approximate surface area is 233 Å². The van der Waals surface area contributed by atoms with Crippen LogP contribution >= 0.6 is 0 Å². The molecule has 0 spiro atoms. The van der Waals surface area contributed by atoms with Crippen LogP contribution in [0.5, 0.6) is 5.75 Å². The van der Waals surface area contributed by atoms with Crippen LogP contribution in [-0.2, 0) is 18.6 Å². The molecule has 0 saturated carbocycles. The van der Waals surface area contributed by atoms with Crippen molar-refractivity contribution in [3.63, 3.8) is 0 Å². The molecule has 2 heterocycles. The third-order valence-electron chi connectivity index (χ3n) is 7.20. The first-order valence-electron chi connectivity index (χ1n) is 13.2. The Morgan fingerprint density at radius 3 is 2.30 bits per heavy atom. The van der Waals surface area contributed by atoms with Gasteiger partial charge in [0.25, 0.3) is 5.91 Å². The van der Waals surface area contributed by atoms with Gasteiger partial charge in [0.15, 0.2) is 5.76 Å². The van der Waals surface area contributed by atoms with Crippen molar-refractivity contribution in [3.8, 4) is 5.75 Å². The Bertz CT molecular complexity index is 1600. The number of carbonyl (C=O) groups excluding carboxylic acids is 1. The van der Waals surface area contributed by atoms with Gasteiger partial charge < -0.3 is 14.5 Å². The van der Waals surface area contributed by atoms with Crippen LogP contribution in [0.3, 0.4) is 0 Å². The standard InChI is InChI=1S/C33H32FN3O3/c1-22-31(23(2)37(36-22)20-24-10-14-27(34)15-11-24)35-32(38)30-19-18-29(40-30)21-39-28-16-12-26(13-17-28)33(3,4)25-8-6-5-7-9-25/h5-19H,20-21H2,1-4H3,(H,35,38). The summed E-state index contributed by atoms with van der Waals surface area (Å²) in [6.45, 7) is 8.78. The first-order valence-corrected chi connectivity index (χ1v) is 13.2. The SMILES string of the molecule is Cc1nn(Cc2ccc(F)cc2)c(C)c1NC(=O)c1ccc(COc2ccc(C(C)(C)c3ccccc3)cc2)o1. The number of anilines is 1. The number of hydrogen-bond donors (Lipinski definition) is 1. The second-order valence-corrected chi connectivity index (χ2v) is 10.4. The molecule has 0 aliphatic rings. The molecule has 0 radical (unpaired) electrons. The third kappa shape index (κ3) is 5.83. The maximum atomic E-state index is 13.2. The number of ether oxygens (including phenoxy) is 1. The van der Waals surface area contributed by atoms with E-state index in [0.717, 1.165) is 17.0 Å². The normalized spacial score (nSPS) is 11.4. The summed E-state index contributed by atoms with van der Waals surface area (Å²) in [4.78, 5) is 12.9. The van der Waals surface area contributed by atoms with Gasteiger partial charge in [0.05, 0.1) is 23.6 Å². The Morgan fingerprint density at radius 2 is 1.60 bits per heavy atom. The lowest BCUT2D eigenvalue weighted by Gasteiger charge is -2.26. The van der Waals surface area contributed by atoms with Crippen LogP contribution in [-0.4, -0.2) is 15.7 Å². The molecule has 40 heavy (non-hydrogen) atoms. The highest BCUT2D eigenvalue weighted by Crippen LogP contribution is 2.32. The number of amides is 1. The van der Waals surface area contributed by atoms with Crippen molar-refractivity contribution in [2.24, 2.45) is 0 Å². The highest BCUT2D eigenvalue weighted by molar-refractivity contribution is 6.02. The average molecular weight is 538 g/mol. The molecule has 6 nitrogen and oxygen atoms in total. The van der Waals surface area contributed by atoms with E-state index in [1.54, 1.807) is 28.9 Å². The zero-order chi connectivity index (χ0) is 28.3. The lowest BCUT2D eigenvalue weighted by molar-refractivity contribution is 0.0992. The summed E-state index contributed by atoms with van der Waals surface area (Å²) in [6.07, 6.45) is 0. The quantitative estimate of drug-likeness (QED) is 0.212. The Morgan fingerprint density at radius 1 is 0.925 bits per heavy atom. The predicted octanol–water partition coefficient (Wildman–Crippen LogP) is 7.44. The van der Waals surface area contributed by atoms with E-state index in [-0.39, 0.29) is 29.5 Å². The van der Waals surface area contributed by atoms with Crippen LogP contribution < -0.4 is 10.1 Å². The first-order chi connectivity index (χ1) is 19.2. The number of rotatable bonds is 9. The fourth-order valence-corrected chi connectivity index (χ4v) is 4.69. The summed E-state index contributed by atoms with van der Waals surface area (Å²) in [5.41, 5.74) is 5.32. The highest BCUT2D eigenvalue weighted by Gasteiger charge is 2.23. The maximum Gasteiger partial charge on any atom is 0.291 e. The molecule has 1 N–H and O–H groups in total. The largest absolute Gasteiger partial charge is 0.486 e. The lowest BCUT2D eigenvalue weighted by Crippen LogP contribution is -2.18. The molecule has 5 aromatic rings. The Kier molecular flexibility index (Phi) is 7.56. The molecule has 2 aromatic heterocycles. The second kappa shape index (κ2) is 11.2. The second-order valence-electron chi connectivity index (χ2n) is 10.4. The Balaban J connectivity index is 1.19. The number of nitrogens with one attached hydrogen (secondary N) is 1. The monoisotopic (exact) mass is 537 g/mol. The van der Waals surface area contributed by atoms with Gasteiger partial charge in [0, 0.05) is 5.41 Å². The van der Waals surface area contributed by atoms with E-state index in [9.17, 15) is 9.18 Å². The van der Waals surface area contributed by atoms with Crippen LogP contribution in [0.25, 0.3) is 0 Å². The van der Waals surface area contributed by atoms with Gasteiger partial charge in [-0.15, -0.1) is 0 Å². The van der Waals surface area contributed by atoms with Crippen LogP contribution in [0.1, 0.15) is 58.2 Å². The maximum absolute atomic E-state index is 13.2. The van der Waals surface area contributed by atoms with Crippen LogP contribution in [0.15, 0.2) is 95.4 Å². The first kappa shape index (κ1) is 26.9. The summed E-state index contributed by atoms with van der Waals surface area (Å²) >= 11 is 0. The number of aryl methyl sites for hydroxylation is 1. The van der Waals surface area contributed by atoms with Crippen molar-refractivity contribution in [1.29, 1.82) is 0 Å². The van der Waals surface area contributed by atoms with Gasteiger partial charge in [-0.05, 0) is 66.9 Å². The minimum atomic E-state index is -0.369. The molecule has 0 unspecified atom stereocenters. The smallest absolute Gasteiger partial charge is 0.291 e. The van der Waals surface area contributed by atoms with Crippen molar-refractivity contribution in [1.82, 2.24) is 9.78 Å². The number of benzene rings is 3. The highest BCUT2D eigenvalue weighted by atomic mass is 19.1. The fourth-order valence-electron chi connectivity index (χ4n) is 4.69. The zero-order valence-corrected chi connectivity index (χ0v) is 23.1. The van der Waals surface area contributed by atoms with Gasteiger partial charge in [-0.2, -0.15) is 5.10 Å². The van der Waals surface area contributed by atoms with Gasteiger partial charge in [0.2, 0.25) is 0 Å². The minimum absolute atomic E-state index is 0.128. The van der Waals surface area contributed by atoms with E-state index >= 15 is 0 Å². The van der Waals surface area contributed by atoms with Crippen molar-refractivity contribution in [2.45, 2.75) is 46.3 Å². The number of nitrogens with zero attached hydrogens (tertiary/aromatic N) is 2.